The van der Waals surface area contributed by atoms with Gasteiger partial charge < -0.3 is 4.74 Å². The van der Waals surface area contributed by atoms with Crippen LogP contribution in [0.25, 0.3) is 0 Å². The Morgan fingerprint density at radius 3 is 2.52 bits per heavy atom. The highest BCUT2D eigenvalue weighted by atomic mass is 32.2. The molecule has 6 nitrogen and oxygen atoms in total. The van der Waals surface area contributed by atoms with Crippen molar-refractivity contribution in [2.45, 2.75) is 17.6 Å². The Hall–Kier alpha value is -2.52. The average molecular weight is 379 g/mol. The summed E-state index contributed by atoms with van der Waals surface area (Å²) < 4.78 is 46.0. The third-order valence-electron chi connectivity index (χ3n) is 3.17. The van der Waals surface area contributed by atoms with Crippen molar-refractivity contribution in [2.24, 2.45) is 0 Å². The van der Waals surface area contributed by atoms with Crippen molar-refractivity contribution < 1.29 is 17.5 Å². The quantitative estimate of drug-likeness (QED) is 0.704. The van der Waals surface area contributed by atoms with Crippen molar-refractivity contribution in [1.29, 1.82) is 0 Å². The fourth-order valence-electron chi connectivity index (χ4n) is 1.95. The molecule has 3 rings (SSSR count). The Morgan fingerprint density at radius 2 is 1.88 bits per heavy atom. The fourth-order valence-corrected chi connectivity index (χ4v) is 4.27. The summed E-state index contributed by atoms with van der Waals surface area (Å²) in [5, 5.41) is 0. The van der Waals surface area contributed by atoms with Crippen LogP contribution in [0.4, 0.5) is 10.1 Å². The molecule has 0 aliphatic carbocycles. The van der Waals surface area contributed by atoms with Gasteiger partial charge in [-0.2, -0.15) is 0 Å². The van der Waals surface area contributed by atoms with Crippen LogP contribution in [0.5, 0.6) is 11.8 Å². The van der Waals surface area contributed by atoms with Crippen molar-refractivity contribution in [3.05, 3.63) is 59.5 Å². The van der Waals surface area contributed by atoms with Crippen LogP contribution in [0.3, 0.4) is 0 Å². The first-order valence-electron chi connectivity index (χ1n) is 7.34. The van der Waals surface area contributed by atoms with Crippen LogP contribution in [-0.4, -0.2) is 18.4 Å². The molecule has 2 aromatic heterocycles. The van der Waals surface area contributed by atoms with E-state index >= 15 is 0 Å². The lowest BCUT2D eigenvalue weighted by molar-refractivity contribution is 0.411. The van der Waals surface area contributed by atoms with Crippen molar-refractivity contribution in [3.8, 4) is 11.8 Å². The van der Waals surface area contributed by atoms with Gasteiger partial charge in [0.1, 0.15) is 4.21 Å². The zero-order valence-electron chi connectivity index (χ0n) is 13.1. The number of benzene rings is 1. The van der Waals surface area contributed by atoms with Crippen LogP contribution in [0.15, 0.2) is 53.0 Å². The van der Waals surface area contributed by atoms with Crippen LogP contribution in [-0.2, 0) is 16.4 Å². The Morgan fingerprint density at radius 1 is 1.16 bits per heavy atom. The van der Waals surface area contributed by atoms with Crippen LogP contribution in [0.1, 0.15) is 11.8 Å². The maximum Gasteiger partial charge on any atom is 0.322 e. The van der Waals surface area contributed by atoms with Gasteiger partial charge in [0.25, 0.3) is 10.0 Å². The molecule has 0 unspecified atom stereocenters. The molecule has 0 bridgehead atoms. The normalized spacial score (nSPS) is 11.3. The molecule has 0 fully saturated rings. The van der Waals surface area contributed by atoms with E-state index < -0.39 is 15.8 Å². The molecule has 0 atom stereocenters. The monoisotopic (exact) mass is 379 g/mol. The lowest BCUT2D eigenvalue weighted by atomic mass is 10.3. The van der Waals surface area contributed by atoms with E-state index in [-0.39, 0.29) is 21.7 Å². The lowest BCUT2D eigenvalue weighted by Gasteiger charge is -2.07. The minimum Gasteiger partial charge on any atom is -0.421 e. The summed E-state index contributed by atoms with van der Waals surface area (Å²) in [6, 6.07) is 9.10. The van der Waals surface area contributed by atoms with Gasteiger partial charge in [-0.15, -0.1) is 11.3 Å². The van der Waals surface area contributed by atoms with Gasteiger partial charge in [-0.25, -0.2) is 22.8 Å². The fraction of sp³-hybridized carbons (Fsp3) is 0.125. The SMILES string of the molecule is CCc1ccc(S(=O)(=O)Nc2cnc(Oc3ccccc3F)nc2)s1. The Kier molecular flexibility index (Phi) is 4.95. The number of anilines is 1. The van der Waals surface area contributed by atoms with Crippen molar-refractivity contribution in [1.82, 2.24) is 9.97 Å². The zero-order chi connectivity index (χ0) is 17.9. The highest BCUT2D eigenvalue weighted by Crippen LogP contribution is 2.25. The second-order valence-electron chi connectivity index (χ2n) is 4.97. The molecule has 0 saturated heterocycles. The molecule has 3 aromatic rings. The molecule has 130 valence electrons. The number of rotatable bonds is 6. The molecule has 1 N–H and O–H groups in total. The van der Waals surface area contributed by atoms with E-state index in [9.17, 15) is 12.8 Å². The average Bonchev–Trinajstić information content (AvgIpc) is 3.09. The third kappa shape index (κ3) is 4.12. The van der Waals surface area contributed by atoms with Crippen LogP contribution >= 0.6 is 11.3 Å². The Bertz CT molecular complexity index is 972. The van der Waals surface area contributed by atoms with Gasteiger partial charge in [-0.3, -0.25) is 4.72 Å². The summed E-state index contributed by atoms with van der Waals surface area (Å²) in [6.45, 7) is 1.96. The molecular formula is C16H14FN3O3S2. The summed E-state index contributed by atoms with van der Waals surface area (Å²) >= 11 is 1.21. The molecule has 1 aromatic carbocycles. The maximum atomic E-state index is 13.5. The van der Waals surface area contributed by atoms with Crippen molar-refractivity contribution >= 4 is 27.0 Å². The van der Waals surface area contributed by atoms with Crippen molar-refractivity contribution in [3.63, 3.8) is 0 Å². The number of thiophene rings is 1. The van der Waals surface area contributed by atoms with Crippen LogP contribution < -0.4 is 9.46 Å². The molecule has 0 saturated carbocycles. The van der Waals surface area contributed by atoms with E-state index in [1.54, 1.807) is 18.2 Å². The first kappa shape index (κ1) is 17.3. The minimum atomic E-state index is -3.69. The second-order valence-corrected chi connectivity index (χ2v) is 8.04. The number of hydrogen-bond donors (Lipinski definition) is 1. The number of para-hydroxylation sites is 1. The van der Waals surface area contributed by atoms with Crippen LogP contribution in [0, 0.1) is 5.82 Å². The smallest absolute Gasteiger partial charge is 0.322 e. The molecule has 0 amide bonds. The van der Waals surface area contributed by atoms with E-state index in [0.29, 0.717) is 0 Å². The highest BCUT2D eigenvalue weighted by Gasteiger charge is 2.17. The second kappa shape index (κ2) is 7.16. The first-order valence-corrected chi connectivity index (χ1v) is 9.64. The summed E-state index contributed by atoms with van der Waals surface area (Å²) in [7, 11) is -3.69. The predicted octanol–water partition coefficient (Wildman–Crippen LogP) is 3.83. The number of aryl methyl sites for hydroxylation is 1. The molecule has 0 aliphatic rings. The number of nitrogens with one attached hydrogen (secondary N) is 1. The van der Waals surface area contributed by atoms with Gasteiger partial charge in [-0.05, 0) is 30.7 Å². The van der Waals surface area contributed by atoms with E-state index in [1.165, 1.54) is 41.9 Å². The van der Waals surface area contributed by atoms with Gasteiger partial charge in [0.05, 0.1) is 18.1 Å². The van der Waals surface area contributed by atoms with Gasteiger partial charge >= 0.3 is 6.01 Å². The molecule has 0 radical (unpaired) electrons. The number of aromatic nitrogens is 2. The zero-order valence-corrected chi connectivity index (χ0v) is 14.8. The van der Waals surface area contributed by atoms with Gasteiger partial charge in [0.2, 0.25) is 0 Å². The predicted molar refractivity (Wildman–Crippen MR) is 93.0 cm³/mol. The van der Waals surface area contributed by atoms with E-state index in [4.69, 9.17) is 4.74 Å². The Balaban J connectivity index is 1.73. The molecule has 9 heteroatoms. The highest BCUT2D eigenvalue weighted by molar-refractivity contribution is 7.94. The first-order chi connectivity index (χ1) is 12.0. The maximum absolute atomic E-state index is 13.5. The van der Waals surface area contributed by atoms with Gasteiger partial charge in [0.15, 0.2) is 11.6 Å². The van der Waals surface area contributed by atoms with E-state index in [1.807, 2.05) is 6.92 Å². The molecule has 0 aliphatic heterocycles. The molecule has 0 spiro atoms. The number of sulfonamides is 1. The number of nitrogens with zero attached hydrogens (tertiary/aromatic N) is 2. The number of hydrogen-bond acceptors (Lipinski definition) is 6. The largest absolute Gasteiger partial charge is 0.421 e. The lowest BCUT2D eigenvalue weighted by Crippen LogP contribution is -2.12. The molecule has 25 heavy (non-hydrogen) atoms. The van der Waals surface area contributed by atoms with Crippen molar-refractivity contribution in [2.75, 3.05) is 4.72 Å². The van der Waals surface area contributed by atoms with Gasteiger partial charge in [-0.1, -0.05) is 19.1 Å². The summed E-state index contributed by atoms with van der Waals surface area (Å²) in [4.78, 5) is 8.76. The third-order valence-corrected chi connectivity index (χ3v) is 6.27. The number of halogens is 1. The van der Waals surface area contributed by atoms with Crippen LogP contribution in [0.2, 0.25) is 0 Å². The van der Waals surface area contributed by atoms with E-state index in [2.05, 4.69) is 14.7 Å². The molecular weight excluding hydrogens is 365 g/mol. The van der Waals surface area contributed by atoms with E-state index in [0.717, 1.165) is 11.3 Å². The number of ether oxygens (including phenoxy) is 1. The minimum absolute atomic E-state index is 0.0125. The molecule has 2 heterocycles. The standard InChI is InChI=1S/C16H14FN3O3S2/c1-2-12-7-8-15(24-12)25(21,22)20-11-9-18-16(19-10-11)23-14-6-4-3-5-13(14)17/h3-10,20H,2H2,1H3. The summed E-state index contributed by atoms with van der Waals surface area (Å²) in [5.74, 6) is -0.554. The van der Waals surface area contributed by atoms with Gasteiger partial charge in [0, 0.05) is 4.88 Å². The Labute approximate surface area is 148 Å². The summed E-state index contributed by atoms with van der Waals surface area (Å²) in [5.41, 5.74) is 0.187. The topological polar surface area (TPSA) is 81.2 Å². The summed E-state index contributed by atoms with van der Waals surface area (Å²) in [6.07, 6.45) is 3.29.